The third-order valence-corrected chi connectivity index (χ3v) is 5.85. The van der Waals surface area contributed by atoms with Crippen LogP contribution in [-0.4, -0.2) is 23.1 Å². The zero-order valence-corrected chi connectivity index (χ0v) is 15.9. The summed E-state index contributed by atoms with van der Waals surface area (Å²) in [6.45, 7) is 0.487. The topological polar surface area (TPSA) is 107 Å². The highest BCUT2D eigenvalue weighted by atomic mass is 32.2. The fraction of sp³-hybridized carbons (Fsp3) is 0.0500. The van der Waals surface area contributed by atoms with Crippen LogP contribution in [0.25, 0.3) is 10.8 Å². The Bertz CT molecular complexity index is 1290. The van der Waals surface area contributed by atoms with Gasteiger partial charge in [-0.15, -0.1) is 0 Å². The summed E-state index contributed by atoms with van der Waals surface area (Å²) in [7, 11) is -3.88. The minimum atomic E-state index is -3.88. The zero-order valence-electron chi connectivity index (χ0n) is 15.1. The first-order valence-electron chi connectivity index (χ1n) is 8.69. The summed E-state index contributed by atoms with van der Waals surface area (Å²) in [5.41, 5.74) is 1.20. The van der Waals surface area contributed by atoms with Gasteiger partial charge in [-0.2, -0.15) is 5.10 Å². The normalized spacial score (nSPS) is 11.4. The molecule has 0 spiro atoms. The molecule has 9 heteroatoms. The number of hydrogen-bond acceptors (Lipinski definition) is 5. The smallest absolute Gasteiger partial charge is 0.269 e. The van der Waals surface area contributed by atoms with Gasteiger partial charge in [0, 0.05) is 18.3 Å². The number of aromatic nitrogens is 2. The number of benzene rings is 3. The molecule has 4 rings (SSSR count). The van der Waals surface area contributed by atoms with Crippen molar-refractivity contribution in [3.05, 3.63) is 94.8 Å². The van der Waals surface area contributed by atoms with Gasteiger partial charge in [0.05, 0.1) is 28.2 Å². The number of nitro groups is 1. The van der Waals surface area contributed by atoms with Crippen molar-refractivity contribution in [2.24, 2.45) is 0 Å². The molecule has 0 saturated heterocycles. The number of fused-ring (bicyclic) bond motifs is 1. The number of nitrogens with zero attached hydrogens (tertiary/aromatic N) is 3. The largest absolute Gasteiger partial charge is 0.276 e. The van der Waals surface area contributed by atoms with Crippen LogP contribution in [0.2, 0.25) is 0 Å². The van der Waals surface area contributed by atoms with E-state index in [2.05, 4.69) is 9.82 Å². The molecular weight excluding hydrogens is 392 g/mol. The minimum absolute atomic E-state index is 0.0649. The molecule has 0 unspecified atom stereocenters. The van der Waals surface area contributed by atoms with Crippen molar-refractivity contribution in [1.29, 1.82) is 0 Å². The molecule has 0 aliphatic carbocycles. The van der Waals surface area contributed by atoms with E-state index in [0.29, 0.717) is 12.2 Å². The van der Waals surface area contributed by atoms with Crippen molar-refractivity contribution in [3.8, 4) is 0 Å². The van der Waals surface area contributed by atoms with E-state index in [1.807, 2.05) is 42.5 Å². The van der Waals surface area contributed by atoms with E-state index in [9.17, 15) is 18.5 Å². The van der Waals surface area contributed by atoms with E-state index in [-0.39, 0.29) is 10.6 Å². The third-order valence-electron chi connectivity index (χ3n) is 4.46. The molecule has 0 radical (unpaired) electrons. The predicted octanol–water partition coefficient (Wildman–Crippen LogP) is 3.79. The van der Waals surface area contributed by atoms with Crippen LogP contribution < -0.4 is 4.72 Å². The number of non-ortho nitro benzene ring substituents is 1. The lowest BCUT2D eigenvalue weighted by molar-refractivity contribution is -0.384. The second kappa shape index (κ2) is 7.36. The van der Waals surface area contributed by atoms with Gasteiger partial charge >= 0.3 is 0 Å². The van der Waals surface area contributed by atoms with Gasteiger partial charge < -0.3 is 0 Å². The summed E-state index contributed by atoms with van der Waals surface area (Å²) in [4.78, 5) is 10.1. The molecule has 8 nitrogen and oxygen atoms in total. The Hall–Kier alpha value is -3.72. The molecule has 4 aromatic rings. The number of anilines is 1. The first-order chi connectivity index (χ1) is 13.9. The molecular formula is C20H16N4O4S. The lowest BCUT2D eigenvalue weighted by Gasteiger charge is -2.07. The van der Waals surface area contributed by atoms with Gasteiger partial charge in [0.1, 0.15) is 0 Å². The van der Waals surface area contributed by atoms with Crippen molar-refractivity contribution in [2.45, 2.75) is 11.4 Å². The van der Waals surface area contributed by atoms with E-state index >= 15 is 0 Å². The van der Waals surface area contributed by atoms with Gasteiger partial charge in [-0.3, -0.25) is 19.5 Å². The average Bonchev–Trinajstić information content (AvgIpc) is 3.14. The number of hydrogen-bond donors (Lipinski definition) is 1. The van der Waals surface area contributed by atoms with Crippen LogP contribution in [-0.2, 0) is 16.6 Å². The molecule has 29 heavy (non-hydrogen) atoms. The number of nitro benzene ring substituents is 1. The first-order valence-corrected chi connectivity index (χ1v) is 10.2. The molecule has 1 N–H and O–H groups in total. The monoisotopic (exact) mass is 408 g/mol. The molecule has 1 aromatic heterocycles. The molecule has 0 aliphatic rings. The maximum atomic E-state index is 12.5. The zero-order chi connectivity index (χ0) is 20.4. The van der Waals surface area contributed by atoms with E-state index in [4.69, 9.17) is 0 Å². The maximum Gasteiger partial charge on any atom is 0.269 e. The predicted molar refractivity (Wildman–Crippen MR) is 109 cm³/mol. The van der Waals surface area contributed by atoms with E-state index in [1.54, 1.807) is 10.9 Å². The lowest BCUT2D eigenvalue weighted by Crippen LogP contribution is -2.12. The van der Waals surface area contributed by atoms with Gasteiger partial charge in [0.25, 0.3) is 15.7 Å². The van der Waals surface area contributed by atoms with Gasteiger partial charge in [-0.05, 0) is 28.5 Å². The second-order valence-electron chi connectivity index (χ2n) is 6.42. The molecule has 0 atom stereocenters. The molecule has 0 aliphatic heterocycles. The Morgan fingerprint density at radius 3 is 2.48 bits per heavy atom. The van der Waals surface area contributed by atoms with Crippen molar-refractivity contribution in [3.63, 3.8) is 0 Å². The highest BCUT2D eigenvalue weighted by Gasteiger charge is 2.17. The Balaban J connectivity index is 1.53. The Morgan fingerprint density at radius 2 is 1.72 bits per heavy atom. The first kappa shape index (κ1) is 18.6. The van der Waals surface area contributed by atoms with Crippen LogP contribution >= 0.6 is 0 Å². The summed E-state index contributed by atoms with van der Waals surface area (Å²) in [5.74, 6) is 0. The van der Waals surface area contributed by atoms with Crippen LogP contribution in [0.15, 0.2) is 84.0 Å². The molecule has 0 fully saturated rings. The Morgan fingerprint density at radius 1 is 1.00 bits per heavy atom. The van der Waals surface area contributed by atoms with Crippen LogP contribution in [0.1, 0.15) is 5.56 Å². The minimum Gasteiger partial charge on any atom is -0.276 e. The highest BCUT2D eigenvalue weighted by molar-refractivity contribution is 7.92. The second-order valence-corrected chi connectivity index (χ2v) is 8.10. The molecule has 0 saturated carbocycles. The van der Waals surface area contributed by atoms with Crippen molar-refractivity contribution < 1.29 is 13.3 Å². The van der Waals surface area contributed by atoms with Gasteiger partial charge in [0.15, 0.2) is 0 Å². The van der Waals surface area contributed by atoms with Gasteiger partial charge in [-0.25, -0.2) is 8.42 Å². The summed E-state index contributed by atoms with van der Waals surface area (Å²) in [6, 6.07) is 18.7. The van der Waals surface area contributed by atoms with Gasteiger partial charge in [0.2, 0.25) is 0 Å². The highest BCUT2D eigenvalue weighted by Crippen LogP contribution is 2.21. The molecule has 0 amide bonds. The maximum absolute atomic E-state index is 12.5. The number of nitrogens with one attached hydrogen (secondary N) is 1. The van der Waals surface area contributed by atoms with Crippen LogP contribution in [0.5, 0.6) is 0 Å². The van der Waals surface area contributed by atoms with E-state index in [0.717, 1.165) is 28.5 Å². The van der Waals surface area contributed by atoms with Crippen LogP contribution in [0, 0.1) is 10.1 Å². The fourth-order valence-electron chi connectivity index (χ4n) is 3.07. The van der Waals surface area contributed by atoms with Crippen LogP contribution in [0.3, 0.4) is 0 Å². The summed E-state index contributed by atoms with van der Waals surface area (Å²) >= 11 is 0. The number of sulfonamides is 1. The van der Waals surface area contributed by atoms with Crippen LogP contribution in [0.4, 0.5) is 11.4 Å². The van der Waals surface area contributed by atoms with E-state index in [1.165, 1.54) is 18.3 Å². The summed E-state index contributed by atoms with van der Waals surface area (Å²) in [6.07, 6.45) is 3.03. The third kappa shape index (κ3) is 3.94. The average molecular weight is 408 g/mol. The Kier molecular flexibility index (Phi) is 4.73. The fourth-order valence-corrected chi connectivity index (χ4v) is 4.10. The summed E-state index contributed by atoms with van der Waals surface area (Å²) in [5, 5.41) is 17.2. The SMILES string of the molecule is O=[N+]([O-])c1ccc(S(=O)(=O)Nc2cnn(Cc3cccc4ccccc34)c2)cc1. The van der Waals surface area contributed by atoms with Crippen molar-refractivity contribution in [2.75, 3.05) is 4.72 Å². The molecule has 3 aromatic carbocycles. The number of rotatable bonds is 6. The quantitative estimate of drug-likeness (QED) is 0.386. The Labute approximate surface area is 166 Å². The molecule has 146 valence electrons. The lowest BCUT2D eigenvalue weighted by atomic mass is 10.0. The molecule has 0 bridgehead atoms. The van der Waals surface area contributed by atoms with Crippen molar-refractivity contribution in [1.82, 2.24) is 9.78 Å². The van der Waals surface area contributed by atoms with E-state index < -0.39 is 14.9 Å². The summed E-state index contributed by atoms with van der Waals surface area (Å²) < 4.78 is 29.1. The van der Waals surface area contributed by atoms with Gasteiger partial charge in [-0.1, -0.05) is 42.5 Å². The standard InChI is InChI=1S/C20H16N4O4S/c25-24(26)18-8-10-19(11-9-18)29(27,28)22-17-12-21-23(14-17)13-16-6-3-5-15-4-1-2-7-20(15)16/h1-12,14,22H,13H2. The molecule has 1 heterocycles. The van der Waals surface area contributed by atoms with Crippen molar-refractivity contribution >= 4 is 32.2 Å².